The molecule has 1 aliphatic heterocycles. The minimum Gasteiger partial charge on any atom is -0.482 e. The molecule has 1 aliphatic rings. The maximum Gasteiger partial charge on any atom is 0.308 e. The highest BCUT2D eigenvalue weighted by atomic mass is 35.5. The van der Waals surface area contributed by atoms with E-state index in [4.69, 9.17) is 21.4 Å². The number of carboxylic acids is 1. The number of rotatable bonds is 4. The zero-order chi connectivity index (χ0) is 13.8. The van der Waals surface area contributed by atoms with E-state index in [1.165, 1.54) is 4.90 Å². The van der Waals surface area contributed by atoms with Gasteiger partial charge in [-0.15, -0.1) is 12.4 Å². The summed E-state index contributed by atoms with van der Waals surface area (Å²) in [5.41, 5.74) is 0. The Balaban J connectivity index is 0.00000200. The second-order valence-corrected chi connectivity index (χ2v) is 4.79. The van der Waals surface area contributed by atoms with Gasteiger partial charge < -0.3 is 14.7 Å². The summed E-state index contributed by atoms with van der Waals surface area (Å²) in [6.45, 7) is 0.581. The van der Waals surface area contributed by atoms with E-state index < -0.39 is 11.9 Å². The molecule has 110 valence electrons. The van der Waals surface area contributed by atoms with Gasteiger partial charge in [0.2, 0.25) is 0 Å². The van der Waals surface area contributed by atoms with Gasteiger partial charge in [0.1, 0.15) is 5.75 Å². The molecule has 1 unspecified atom stereocenters. The third-order valence-corrected chi connectivity index (χ3v) is 3.39. The molecule has 0 aromatic heterocycles. The van der Waals surface area contributed by atoms with Gasteiger partial charge in [-0.3, -0.25) is 9.59 Å². The first-order valence-electron chi connectivity index (χ1n) is 5.96. The third-order valence-electron chi connectivity index (χ3n) is 3.08. The van der Waals surface area contributed by atoms with Crippen molar-refractivity contribution in [2.24, 2.45) is 5.92 Å². The van der Waals surface area contributed by atoms with Crippen molar-refractivity contribution in [2.75, 3.05) is 19.7 Å². The van der Waals surface area contributed by atoms with E-state index in [-0.39, 0.29) is 31.5 Å². The molecule has 1 aromatic rings. The predicted octanol–water partition coefficient (Wildman–Crippen LogP) is 2.07. The quantitative estimate of drug-likeness (QED) is 0.922. The van der Waals surface area contributed by atoms with E-state index >= 15 is 0 Å². The van der Waals surface area contributed by atoms with Crippen LogP contribution in [0.25, 0.3) is 0 Å². The smallest absolute Gasteiger partial charge is 0.308 e. The number of hydrogen-bond acceptors (Lipinski definition) is 3. The zero-order valence-corrected chi connectivity index (χ0v) is 12.2. The molecule has 0 spiro atoms. The third kappa shape index (κ3) is 4.02. The highest BCUT2D eigenvalue weighted by Crippen LogP contribution is 2.23. The SMILES string of the molecule is Cl.O=C(O)C1CCN(C(=O)COc2ccccc2Cl)C1. The number of benzene rings is 1. The first kappa shape index (κ1) is 16.6. The fraction of sp³-hybridized carbons (Fsp3) is 0.385. The van der Waals surface area contributed by atoms with Crippen molar-refractivity contribution >= 4 is 35.9 Å². The lowest BCUT2D eigenvalue weighted by Gasteiger charge is -2.16. The number of ether oxygens (including phenoxy) is 1. The van der Waals surface area contributed by atoms with Crippen LogP contribution in [-0.4, -0.2) is 41.6 Å². The van der Waals surface area contributed by atoms with Gasteiger partial charge in [-0.1, -0.05) is 23.7 Å². The average molecular weight is 320 g/mol. The molecule has 7 heteroatoms. The Morgan fingerprint density at radius 1 is 1.40 bits per heavy atom. The number of carboxylic acid groups (broad SMARTS) is 1. The molecule has 5 nitrogen and oxygen atoms in total. The minimum absolute atomic E-state index is 0. The van der Waals surface area contributed by atoms with Gasteiger partial charge in [-0.25, -0.2) is 0 Å². The molecule has 0 radical (unpaired) electrons. The van der Waals surface area contributed by atoms with Crippen LogP contribution in [-0.2, 0) is 9.59 Å². The van der Waals surface area contributed by atoms with Crippen LogP contribution in [0.15, 0.2) is 24.3 Å². The van der Waals surface area contributed by atoms with E-state index in [9.17, 15) is 9.59 Å². The molecule has 0 saturated carbocycles. The number of amides is 1. The largest absolute Gasteiger partial charge is 0.482 e. The number of hydrogen-bond donors (Lipinski definition) is 1. The number of halogens is 2. The standard InChI is InChI=1S/C13H14ClNO4.ClH/c14-10-3-1-2-4-11(10)19-8-12(16)15-6-5-9(7-15)13(17)18;/h1-4,9H,5-8H2,(H,17,18);1H. The fourth-order valence-corrected chi connectivity index (χ4v) is 2.17. The number of para-hydroxylation sites is 1. The molecule has 0 aliphatic carbocycles. The van der Waals surface area contributed by atoms with Gasteiger partial charge in [0.05, 0.1) is 10.9 Å². The lowest BCUT2D eigenvalue weighted by atomic mass is 10.1. The van der Waals surface area contributed by atoms with Crippen molar-refractivity contribution in [3.05, 3.63) is 29.3 Å². The van der Waals surface area contributed by atoms with Gasteiger partial charge in [-0.05, 0) is 18.6 Å². The van der Waals surface area contributed by atoms with Crippen LogP contribution in [0.3, 0.4) is 0 Å². The number of aliphatic carboxylic acids is 1. The summed E-state index contributed by atoms with van der Waals surface area (Å²) < 4.78 is 5.34. The number of nitrogens with zero attached hydrogens (tertiary/aromatic N) is 1. The van der Waals surface area contributed by atoms with Crippen LogP contribution in [0.1, 0.15) is 6.42 Å². The van der Waals surface area contributed by atoms with Crippen molar-refractivity contribution in [2.45, 2.75) is 6.42 Å². The summed E-state index contributed by atoms with van der Waals surface area (Å²) in [6.07, 6.45) is 0.493. The second kappa shape index (κ2) is 7.36. The molecule has 1 atom stereocenters. The average Bonchev–Trinajstić information content (AvgIpc) is 2.87. The Kier molecular flexibility index (Phi) is 6.10. The van der Waals surface area contributed by atoms with Crippen LogP contribution in [0.4, 0.5) is 0 Å². The van der Waals surface area contributed by atoms with Crippen LogP contribution in [0, 0.1) is 5.92 Å². The molecule has 1 amide bonds. The van der Waals surface area contributed by atoms with Gasteiger partial charge in [-0.2, -0.15) is 0 Å². The molecular formula is C13H15Cl2NO4. The van der Waals surface area contributed by atoms with Gasteiger partial charge in [0, 0.05) is 13.1 Å². The Labute approximate surface area is 127 Å². The molecule has 1 fully saturated rings. The van der Waals surface area contributed by atoms with E-state index in [0.717, 1.165) is 0 Å². The molecule has 1 N–H and O–H groups in total. The first-order chi connectivity index (χ1) is 9.08. The summed E-state index contributed by atoms with van der Waals surface area (Å²) in [6, 6.07) is 6.90. The topological polar surface area (TPSA) is 66.8 Å². The molecule has 0 bridgehead atoms. The van der Waals surface area contributed by atoms with Gasteiger partial charge >= 0.3 is 5.97 Å². The van der Waals surface area contributed by atoms with Crippen molar-refractivity contribution < 1.29 is 19.4 Å². The van der Waals surface area contributed by atoms with Crippen LogP contribution in [0.5, 0.6) is 5.75 Å². The fourth-order valence-electron chi connectivity index (χ4n) is 1.98. The van der Waals surface area contributed by atoms with Gasteiger partial charge in [0.25, 0.3) is 5.91 Å². The maximum absolute atomic E-state index is 11.9. The van der Waals surface area contributed by atoms with Crippen LogP contribution in [0.2, 0.25) is 5.02 Å². The molecule has 1 saturated heterocycles. The van der Waals surface area contributed by atoms with Gasteiger partial charge in [0.15, 0.2) is 6.61 Å². The lowest BCUT2D eigenvalue weighted by Crippen LogP contribution is -2.33. The maximum atomic E-state index is 11.9. The molecule has 1 heterocycles. The van der Waals surface area contributed by atoms with Crippen molar-refractivity contribution in [1.29, 1.82) is 0 Å². The summed E-state index contributed by atoms with van der Waals surface area (Å²) in [5, 5.41) is 9.32. The van der Waals surface area contributed by atoms with E-state index in [1.807, 2.05) is 0 Å². The normalized spacial score (nSPS) is 17.4. The monoisotopic (exact) mass is 319 g/mol. The van der Waals surface area contributed by atoms with Crippen molar-refractivity contribution in [3.8, 4) is 5.75 Å². The van der Waals surface area contributed by atoms with E-state index in [0.29, 0.717) is 23.7 Å². The highest BCUT2D eigenvalue weighted by molar-refractivity contribution is 6.32. The summed E-state index contributed by atoms with van der Waals surface area (Å²) in [4.78, 5) is 24.2. The predicted molar refractivity (Wildman–Crippen MR) is 76.5 cm³/mol. The zero-order valence-electron chi connectivity index (χ0n) is 10.6. The Morgan fingerprint density at radius 3 is 2.70 bits per heavy atom. The van der Waals surface area contributed by atoms with Crippen LogP contribution >= 0.6 is 24.0 Å². The van der Waals surface area contributed by atoms with Crippen molar-refractivity contribution in [1.82, 2.24) is 4.90 Å². The molecule has 2 rings (SSSR count). The second-order valence-electron chi connectivity index (χ2n) is 4.38. The van der Waals surface area contributed by atoms with Crippen LogP contribution < -0.4 is 4.74 Å². The summed E-state index contributed by atoms with van der Waals surface area (Å²) in [7, 11) is 0. The number of likely N-dealkylation sites (tertiary alicyclic amines) is 1. The summed E-state index contributed by atoms with van der Waals surface area (Å²) in [5.74, 6) is -1.10. The van der Waals surface area contributed by atoms with E-state index in [1.54, 1.807) is 24.3 Å². The Morgan fingerprint density at radius 2 is 2.10 bits per heavy atom. The Hall–Kier alpha value is -1.46. The number of carbonyl (C=O) groups excluding carboxylic acids is 1. The molecule has 1 aromatic carbocycles. The first-order valence-corrected chi connectivity index (χ1v) is 6.33. The number of carbonyl (C=O) groups is 2. The molecule has 20 heavy (non-hydrogen) atoms. The lowest BCUT2D eigenvalue weighted by molar-refractivity contribution is -0.141. The Bertz CT molecular complexity index is 495. The van der Waals surface area contributed by atoms with E-state index in [2.05, 4.69) is 0 Å². The summed E-state index contributed by atoms with van der Waals surface area (Å²) >= 11 is 5.90. The highest BCUT2D eigenvalue weighted by Gasteiger charge is 2.30. The van der Waals surface area contributed by atoms with Crippen molar-refractivity contribution in [3.63, 3.8) is 0 Å². The minimum atomic E-state index is -0.859. The molecular weight excluding hydrogens is 305 g/mol.